The van der Waals surface area contributed by atoms with Gasteiger partial charge < -0.3 is 14.5 Å². The number of carbonyl (C=O) groups is 1. The summed E-state index contributed by atoms with van der Waals surface area (Å²) in [4.78, 5) is 18.4. The van der Waals surface area contributed by atoms with Crippen LogP contribution < -0.4 is 0 Å². The number of nitrogens with zero attached hydrogens (tertiary/aromatic N) is 3. The zero-order valence-corrected chi connectivity index (χ0v) is 13.9. The van der Waals surface area contributed by atoms with Gasteiger partial charge in [-0.25, -0.2) is 0 Å². The van der Waals surface area contributed by atoms with E-state index < -0.39 is 0 Å². The van der Waals surface area contributed by atoms with Crippen molar-refractivity contribution in [3.05, 3.63) is 0 Å². The Morgan fingerprint density at radius 1 is 1.10 bits per heavy atom. The van der Waals surface area contributed by atoms with Crippen molar-refractivity contribution in [3.63, 3.8) is 0 Å². The number of carbonyl (C=O) groups excluding carboxylic acids is 1. The topological polar surface area (TPSA) is 36.0 Å². The van der Waals surface area contributed by atoms with Gasteiger partial charge in [-0.3, -0.25) is 9.69 Å². The Kier molecular flexibility index (Phi) is 6.02. The van der Waals surface area contributed by atoms with Crippen LogP contribution in [-0.4, -0.2) is 87.2 Å². The van der Waals surface area contributed by atoms with Crippen molar-refractivity contribution in [1.29, 1.82) is 0 Å². The highest BCUT2D eigenvalue weighted by Crippen LogP contribution is 2.30. The van der Waals surface area contributed by atoms with Crippen LogP contribution in [-0.2, 0) is 9.53 Å². The van der Waals surface area contributed by atoms with Gasteiger partial charge in [-0.15, -0.1) is 0 Å². The molecule has 2 aliphatic rings. The lowest BCUT2D eigenvalue weighted by molar-refractivity contribution is -0.129. The van der Waals surface area contributed by atoms with E-state index in [-0.39, 0.29) is 5.91 Å². The van der Waals surface area contributed by atoms with E-state index in [1.54, 1.807) is 4.90 Å². The molecule has 122 valence electrons. The lowest BCUT2D eigenvalue weighted by Gasteiger charge is -2.38. The summed E-state index contributed by atoms with van der Waals surface area (Å²) >= 11 is 0. The molecule has 0 aliphatic carbocycles. The second-order valence-corrected chi connectivity index (χ2v) is 7.12. The minimum atomic E-state index is 0.208. The third-order valence-corrected chi connectivity index (χ3v) is 4.84. The summed E-state index contributed by atoms with van der Waals surface area (Å²) in [6.45, 7) is 10.2. The molecule has 0 atom stereocenters. The molecule has 0 N–H and O–H groups in total. The second kappa shape index (κ2) is 7.56. The number of hydrogen-bond donors (Lipinski definition) is 0. The average molecular weight is 297 g/mol. The molecule has 2 rings (SSSR count). The van der Waals surface area contributed by atoms with Crippen molar-refractivity contribution in [2.24, 2.45) is 5.41 Å². The third kappa shape index (κ3) is 5.24. The molecule has 5 nitrogen and oxygen atoms in total. The van der Waals surface area contributed by atoms with Crippen LogP contribution in [0.1, 0.15) is 26.2 Å². The quantitative estimate of drug-likeness (QED) is 0.772. The van der Waals surface area contributed by atoms with Gasteiger partial charge in [-0.05, 0) is 37.8 Å². The van der Waals surface area contributed by atoms with Crippen molar-refractivity contribution < 1.29 is 9.53 Å². The number of rotatable bonds is 4. The number of hydrogen-bond acceptors (Lipinski definition) is 4. The fourth-order valence-electron chi connectivity index (χ4n) is 3.24. The Hall–Kier alpha value is -0.650. The van der Waals surface area contributed by atoms with Crippen LogP contribution in [0.5, 0.6) is 0 Å². The van der Waals surface area contributed by atoms with Crippen LogP contribution in [0.25, 0.3) is 0 Å². The molecule has 2 fully saturated rings. The van der Waals surface area contributed by atoms with Gasteiger partial charge in [0, 0.05) is 46.9 Å². The monoisotopic (exact) mass is 297 g/mol. The van der Waals surface area contributed by atoms with Crippen LogP contribution in [0, 0.1) is 5.41 Å². The van der Waals surface area contributed by atoms with Crippen LogP contribution in [0.3, 0.4) is 0 Å². The summed E-state index contributed by atoms with van der Waals surface area (Å²) in [5.41, 5.74) is 0.410. The van der Waals surface area contributed by atoms with Gasteiger partial charge in [0.15, 0.2) is 0 Å². The zero-order valence-electron chi connectivity index (χ0n) is 13.9. The van der Waals surface area contributed by atoms with Crippen molar-refractivity contribution in [2.45, 2.75) is 26.2 Å². The molecule has 2 aliphatic heterocycles. The summed E-state index contributed by atoms with van der Waals surface area (Å²) in [7, 11) is 3.66. The molecule has 5 heteroatoms. The van der Waals surface area contributed by atoms with Gasteiger partial charge in [-0.1, -0.05) is 6.92 Å². The third-order valence-electron chi connectivity index (χ3n) is 4.84. The first-order chi connectivity index (χ1) is 9.98. The minimum absolute atomic E-state index is 0.208. The molecular weight excluding hydrogens is 266 g/mol. The van der Waals surface area contributed by atoms with Crippen LogP contribution in [0.15, 0.2) is 0 Å². The summed E-state index contributed by atoms with van der Waals surface area (Å²) in [5, 5.41) is 0. The Morgan fingerprint density at radius 3 is 2.38 bits per heavy atom. The lowest BCUT2D eigenvalue weighted by atomic mass is 9.82. The molecule has 0 aromatic heterocycles. The molecule has 0 aromatic rings. The summed E-state index contributed by atoms with van der Waals surface area (Å²) in [6.07, 6.45) is 3.51. The first-order valence-electron chi connectivity index (χ1n) is 8.21. The van der Waals surface area contributed by atoms with E-state index in [1.165, 1.54) is 19.4 Å². The van der Waals surface area contributed by atoms with E-state index in [4.69, 9.17) is 4.74 Å². The summed E-state index contributed by atoms with van der Waals surface area (Å²) in [5.74, 6) is 0.208. The molecule has 0 aromatic carbocycles. The van der Waals surface area contributed by atoms with Gasteiger partial charge in [0.05, 0.1) is 6.54 Å². The maximum absolute atomic E-state index is 11.8. The minimum Gasteiger partial charge on any atom is -0.381 e. The second-order valence-electron chi connectivity index (χ2n) is 7.12. The molecule has 0 spiro atoms. The summed E-state index contributed by atoms with van der Waals surface area (Å²) < 4.78 is 5.49. The van der Waals surface area contributed by atoms with Gasteiger partial charge in [-0.2, -0.15) is 0 Å². The number of amides is 1. The van der Waals surface area contributed by atoms with Gasteiger partial charge in [0.2, 0.25) is 5.91 Å². The predicted molar refractivity (Wildman–Crippen MR) is 84.4 cm³/mol. The van der Waals surface area contributed by atoms with Crippen LogP contribution >= 0.6 is 0 Å². The summed E-state index contributed by atoms with van der Waals surface area (Å²) in [6, 6.07) is 0. The average Bonchev–Trinajstić information content (AvgIpc) is 2.64. The van der Waals surface area contributed by atoms with Gasteiger partial charge in [0.25, 0.3) is 0 Å². The Bertz CT molecular complexity index is 340. The van der Waals surface area contributed by atoms with E-state index in [0.29, 0.717) is 12.0 Å². The zero-order chi connectivity index (χ0) is 15.3. The van der Waals surface area contributed by atoms with Crippen molar-refractivity contribution in [1.82, 2.24) is 14.7 Å². The molecule has 0 unspecified atom stereocenters. The molecule has 2 heterocycles. The van der Waals surface area contributed by atoms with E-state index in [2.05, 4.69) is 16.7 Å². The van der Waals surface area contributed by atoms with Crippen molar-refractivity contribution in [2.75, 3.05) is 66.6 Å². The molecule has 0 radical (unpaired) electrons. The molecule has 1 amide bonds. The molecule has 21 heavy (non-hydrogen) atoms. The highest BCUT2D eigenvalue weighted by Gasteiger charge is 2.30. The fraction of sp³-hybridized carbons (Fsp3) is 0.938. The Morgan fingerprint density at radius 2 is 1.71 bits per heavy atom. The first kappa shape index (κ1) is 16.7. The van der Waals surface area contributed by atoms with E-state index in [0.717, 1.165) is 45.8 Å². The largest absolute Gasteiger partial charge is 0.381 e. The highest BCUT2D eigenvalue weighted by atomic mass is 16.5. The smallest absolute Gasteiger partial charge is 0.236 e. The van der Waals surface area contributed by atoms with E-state index >= 15 is 0 Å². The number of ether oxygens (including phenoxy) is 1. The maximum Gasteiger partial charge on any atom is 0.236 e. The lowest BCUT2D eigenvalue weighted by Crippen LogP contribution is -2.42. The molecular formula is C16H31N3O2. The van der Waals surface area contributed by atoms with Crippen LogP contribution in [0.4, 0.5) is 0 Å². The SMILES string of the molecule is CN(C)C(=O)CN1CCCN(CC2(C)CCOCC2)CC1. The Balaban J connectivity index is 1.79. The fourth-order valence-corrected chi connectivity index (χ4v) is 3.24. The van der Waals surface area contributed by atoms with Crippen LogP contribution in [0.2, 0.25) is 0 Å². The van der Waals surface area contributed by atoms with E-state index in [9.17, 15) is 4.79 Å². The van der Waals surface area contributed by atoms with Crippen molar-refractivity contribution >= 4 is 5.91 Å². The Labute approximate surface area is 129 Å². The number of likely N-dealkylation sites (N-methyl/N-ethyl adjacent to an activating group) is 1. The molecule has 2 saturated heterocycles. The predicted octanol–water partition coefficient (Wildman–Crippen LogP) is 0.899. The standard InChI is InChI=1S/C16H31N3O2/c1-16(5-11-21-12-6-16)14-19-8-4-7-18(9-10-19)13-15(20)17(2)3/h4-14H2,1-3H3. The molecule has 0 saturated carbocycles. The first-order valence-corrected chi connectivity index (χ1v) is 8.21. The van der Waals surface area contributed by atoms with Gasteiger partial charge in [0.1, 0.15) is 0 Å². The molecule has 0 bridgehead atoms. The van der Waals surface area contributed by atoms with Crippen molar-refractivity contribution in [3.8, 4) is 0 Å². The highest BCUT2D eigenvalue weighted by molar-refractivity contribution is 5.77. The van der Waals surface area contributed by atoms with E-state index in [1.807, 2.05) is 14.1 Å². The normalized spacial score (nSPS) is 24.5. The van der Waals surface area contributed by atoms with Gasteiger partial charge >= 0.3 is 0 Å². The maximum atomic E-state index is 11.8.